The van der Waals surface area contributed by atoms with Crippen LogP contribution in [0.2, 0.25) is 0 Å². The highest BCUT2D eigenvalue weighted by molar-refractivity contribution is 5.94. The number of ether oxygens (including phenoxy) is 2. The maximum Gasteiger partial charge on any atom is 0.265 e. The van der Waals surface area contributed by atoms with Gasteiger partial charge in [-0.15, -0.1) is 0 Å². The summed E-state index contributed by atoms with van der Waals surface area (Å²) in [7, 11) is 1.60. The Hall–Kier alpha value is -3.64. The Kier molecular flexibility index (Phi) is 8.83. The van der Waals surface area contributed by atoms with E-state index in [0.717, 1.165) is 16.8 Å². The molecule has 0 atom stereocenters. The zero-order valence-corrected chi connectivity index (χ0v) is 18.2. The number of benzene rings is 3. The van der Waals surface area contributed by atoms with E-state index < -0.39 is 0 Å². The molecule has 0 spiro atoms. The third-order valence-corrected chi connectivity index (χ3v) is 4.83. The highest BCUT2D eigenvalue weighted by Crippen LogP contribution is 2.20. The second-order valence-corrected chi connectivity index (χ2v) is 7.25. The summed E-state index contributed by atoms with van der Waals surface area (Å²) in [6, 6.07) is 26.5. The first-order valence-corrected chi connectivity index (χ1v) is 10.5. The van der Waals surface area contributed by atoms with Gasteiger partial charge in [0.2, 0.25) is 5.91 Å². The zero-order chi connectivity index (χ0) is 22.6. The largest absolute Gasteiger partial charge is 0.484 e. The molecule has 0 heterocycles. The van der Waals surface area contributed by atoms with E-state index in [1.807, 2.05) is 84.9 Å². The number of nitrogens with one attached hydrogen (secondary N) is 1. The molecule has 0 aromatic heterocycles. The van der Waals surface area contributed by atoms with Crippen molar-refractivity contribution in [3.05, 3.63) is 96.1 Å². The van der Waals surface area contributed by atoms with E-state index >= 15 is 0 Å². The van der Waals surface area contributed by atoms with Gasteiger partial charge in [0.05, 0.1) is 19.6 Å². The van der Waals surface area contributed by atoms with Gasteiger partial charge in [-0.1, -0.05) is 60.7 Å². The van der Waals surface area contributed by atoms with Gasteiger partial charge in [0.1, 0.15) is 5.75 Å². The Bertz CT molecular complexity index is 976. The van der Waals surface area contributed by atoms with E-state index in [4.69, 9.17) is 9.47 Å². The minimum atomic E-state index is -0.150. The molecule has 0 saturated carbocycles. The van der Waals surface area contributed by atoms with Crippen molar-refractivity contribution in [2.45, 2.75) is 13.0 Å². The van der Waals surface area contributed by atoms with E-state index in [2.05, 4.69) is 5.32 Å². The summed E-state index contributed by atoms with van der Waals surface area (Å²) in [5, 5.41) is 2.81. The Morgan fingerprint density at radius 2 is 1.50 bits per heavy atom. The van der Waals surface area contributed by atoms with Gasteiger partial charge in [-0.05, 0) is 35.4 Å². The molecule has 3 aromatic carbocycles. The van der Waals surface area contributed by atoms with Crippen molar-refractivity contribution in [3.8, 4) is 5.75 Å². The van der Waals surface area contributed by atoms with Crippen LogP contribution in [0.25, 0.3) is 0 Å². The normalized spacial score (nSPS) is 10.4. The first kappa shape index (κ1) is 23.0. The molecule has 0 fully saturated rings. The van der Waals surface area contributed by atoms with Crippen LogP contribution in [-0.2, 0) is 27.3 Å². The number of amides is 2. The molecule has 3 rings (SSSR count). The van der Waals surface area contributed by atoms with Gasteiger partial charge in [-0.25, -0.2) is 0 Å². The summed E-state index contributed by atoms with van der Waals surface area (Å²) in [6.45, 7) is 1.32. The molecule has 166 valence electrons. The topological polar surface area (TPSA) is 67.9 Å². The predicted molar refractivity (Wildman–Crippen MR) is 125 cm³/mol. The van der Waals surface area contributed by atoms with Gasteiger partial charge in [0.15, 0.2) is 6.61 Å². The van der Waals surface area contributed by atoms with Crippen LogP contribution in [0.15, 0.2) is 84.9 Å². The molecule has 0 unspecified atom stereocenters. The lowest BCUT2D eigenvalue weighted by molar-refractivity contribution is -0.121. The van der Waals surface area contributed by atoms with Crippen LogP contribution in [0.5, 0.6) is 5.75 Å². The molecule has 0 saturated heterocycles. The van der Waals surface area contributed by atoms with Gasteiger partial charge >= 0.3 is 0 Å². The highest BCUT2D eigenvalue weighted by atomic mass is 16.5. The summed E-state index contributed by atoms with van der Waals surface area (Å²) in [4.78, 5) is 26.8. The van der Waals surface area contributed by atoms with Crippen molar-refractivity contribution in [1.29, 1.82) is 0 Å². The van der Waals surface area contributed by atoms with E-state index in [9.17, 15) is 9.59 Å². The van der Waals surface area contributed by atoms with E-state index in [-0.39, 0.29) is 24.8 Å². The number of hydrogen-bond donors (Lipinski definition) is 1. The minimum Gasteiger partial charge on any atom is -0.484 e. The number of anilines is 1. The van der Waals surface area contributed by atoms with Crippen LogP contribution < -0.4 is 15.0 Å². The third-order valence-electron chi connectivity index (χ3n) is 4.83. The van der Waals surface area contributed by atoms with Crippen LogP contribution in [0.4, 0.5) is 5.69 Å². The van der Waals surface area contributed by atoms with Crippen LogP contribution >= 0.6 is 0 Å². The third kappa shape index (κ3) is 7.25. The van der Waals surface area contributed by atoms with Crippen molar-refractivity contribution < 1.29 is 19.1 Å². The number of para-hydroxylation sites is 1. The van der Waals surface area contributed by atoms with Crippen LogP contribution in [0.3, 0.4) is 0 Å². The van der Waals surface area contributed by atoms with Crippen LogP contribution in [-0.4, -0.2) is 38.7 Å². The summed E-state index contributed by atoms with van der Waals surface area (Å²) >= 11 is 0. The molecule has 1 N–H and O–H groups in total. The second-order valence-electron chi connectivity index (χ2n) is 7.25. The van der Waals surface area contributed by atoms with Gasteiger partial charge in [0, 0.05) is 19.3 Å². The second kappa shape index (κ2) is 12.3. The van der Waals surface area contributed by atoms with Crippen LogP contribution in [0, 0.1) is 0 Å². The van der Waals surface area contributed by atoms with Crippen LogP contribution in [0.1, 0.15) is 11.1 Å². The summed E-state index contributed by atoms with van der Waals surface area (Å²) in [5.41, 5.74) is 2.64. The maximum atomic E-state index is 13.1. The predicted octanol–water partition coefficient (Wildman–Crippen LogP) is 3.60. The Labute approximate surface area is 188 Å². The lowest BCUT2D eigenvalue weighted by Gasteiger charge is -2.23. The molecule has 6 nitrogen and oxygen atoms in total. The zero-order valence-electron chi connectivity index (χ0n) is 18.2. The molecular formula is C26H28N2O4. The highest BCUT2D eigenvalue weighted by Gasteiger charge is 2.17. The first-order valence-electron chi connectivity index (χ1n) is 10.5. The molecule has 32 heavy (non-hydrogen) atoms. The van der Waals surface area contributed by atoms with Gasteiger partial charge in [-0.2, -0.15) is 0 Å². The Balaban J connectivity index is 1.69. The number of carbonyl (C=O) groups is 2. The monoisotopic (exact) mass is 432 g/mol. The van der Waals surface area contributed by atoms with Crippen molar-refractivity contribution in [1.82, 2.24) is 5.32 Å². The summed E-state index contributed by atoms with van der Waals surface area (Å²) in [6.07, 6.45) is 0.272. The van der Waals surface area contributed by atoms with Gasteiger partial charge < -0.3 is 19.7 Å². The number of carbonyl (C=O) groups excluding carboxylic acids is 2. The summed E-state index contributed by atoms with van der Waals surface area (Å²) < 4.78 is 10.6. The molecule has 0 bridgehead atoms. The quantitative estimate of drug-likeness (QED) is 0.470. The van der Waals surface area contributed by atoms with Gasteiger partial charge in [-0.3, -0.25) is 9.59 Å². The number of methoxy groups -OCH3 is 1. The van der Waals surface area contributed by atoms with Crippen molar-refractivity contribution in [3.63, 3.8) is 0 Å². The first-order chi connectivity index (χ1) is 15.7. The average molecular weight is 433 g/mol. The minimum absolute atomic E-state index is 0.0664. The average Bonchev–Trinajstić information content (AvgIpc) is 2.83. The smallest absolute Gasteiger partial charge is 0.265 e. The molecule has 0 radical (unpaired) electrons. The number of nitrogens with zero attached hydrogens (tertiary/aromatic N) is 1. The molecular weight excluding hydrogens is 404 g/mol. The van der Waals surface area contributed by atoms with E-state index in [1.54, 1.807) is 12.0 Å². The fourth-order valence-corrected chi connectivity index (χ4v) is 3.16. The Morgan fingerprint density at radius 3 is 2.16 bits per heavy atom. The van der Waals surface area contributed by atoms with E-state index in [0.29, 0.717) is 25.4 Å². The maximum absolute atomic E-state index is 13.1. The molecule has 2 amide bonds. The van der Waals surface area contributed by atoms with Crippen molar-refractivity contribution in [2.24, 2.45) is 0 Å². The molecule has 0 aliphatic carbocycles. The summed E-state index contributed by atoms with van der Waals surface area (Å²) in [5.74, 6) is 0.432. The number of rotatable bonds is 11. The van der Waals surface area contributed by atoms with Gasteiger partial charge in [0.25, 0.3) is 5.91 Å². The van der Waals surface area contributed by atoms with Crippen molar-refractivity contribution >= 4 is 17.5 Å². The SMILES string of the molecule is COCCNC(=O)Cc1ccc(N(Cc2ccccc2)C(=O)COc2ccccc2)cc1. The Morgan fingerprint density at radius 1 is 0.844 bits per heavy atom. The standard InChI is InChI=1S/C26H28N2O4/c1-31-17-16-27-25(29)18-21-12-14-23(15-13-21)28(19-22-8-4-2-5-9-22)26(30)20-32-24-10-6-3-7-11-24/h2-15H,16-20H2,1H3,(H,27,29). The fraction of sp³-hybridized carbons (Fsp3) is 0.231. The lowest BCUT2D eigenvalue weighted by atomic mass is 10.1. The molecule has 0 aliphatic rings. The molecule has 6 heteroatoms. The van der Waals surface area contributed by atoms with E-state index in [1.165, 1.54) is 0 Å². The molecule has 3 aromatic rings. The lowest BCUT2D eigenvalue weighted by Crippen LogP contribution is -2.34. The fourth-order valence-electron chi connectivity index (χ4n) is 3.16. The molecule has 0 aliphatic heterocycles. The number of hydrogen-bond acceptors (Lipinski definition) is 4. The van der Waals surface area contributed by atoms with Crippen molar-refractivity contribution in [2.75, 3.05) is 31.8 Å².